The van der Waals surface area contributed by atoms with Crippen molar-refractivity contribution in [3.05, 3.63) is 17.8 Å². The second-order valence-electron chi connectivity index (χ2n) is 5.73. The lowest BCUT2D eigenvalue weighted by Crippen LogP contribution is -2.45. The van der Waals surface area contributed by atoms with E-state index in [2.05, 4.69) is 10.3 Å². The van der Waals surface area contributed by atoms with E-state index in [-0.39, 0.29) is 17.9 Å². The Morgan fingerprint density at radius 2 is 2.32 bits per heavy atom. The Labute approximate surface area is 112 Å². The number of nitrogens with zero attached hydrogens (tertiary/aromatic N) is 1. The van der Waals surface area contributed by atoms with E-state index in [1.807, 2.05) is 6.92 Å². The third kappa shape index (κ3) is 2.27. The first-order valence-corrected chi connectivity index (χ1v) is 7.16. The van der Waals surface area contributed by atoms with Gasteiger partial charge in [0.2, 0.25) is 11.8 Å². The van der Waals surface area contributed by atoms with E-state index in [4.69, 9.17) is 10.2 Å². The number of amides is 1. The van der Waals surface area contributed by atoms with Crippen molar-refractivity contribution < 1.29 is 9.21 Å². The fraction of sp³-hybridized carbons (Fsp3) is 0.714. The summed E-state index contributed by atoms with van der Waals surface area (Å²) in [5.74, 6) is 2.50. The van der Waals surface area contributed by atoms with Crippen LogP contribution in [0, 0.1) is 17.8 Å². The first kappa shape index (κ1) is 12.7. The van der Waals surface area contributed by atoms with Gasteiger partial charge in [0.1, 0.15) is 5.76 Å². The molecule has 4 atom stereocenters. The normalized spacial score (nSPS) is 32.7. The largest absolute Gasteiger partial charge is 0.444 e. The lowest BCUT2D eigenvalue weighted by molar-refractivity contribution is -0.127. The monoisotopic (exact) mass is 263 g/mol. The molecule has 0 aromatic carbocycles. The van der Waals surface area contributed by atoms with Crippen LogP contribution in [0.15, 0.2) is 10.6 Å². The molecular weight excluding hydrogens is 242 g/mol. The Morgan fingerprint density at radius 1 is 1.53 bits per heavy atom. The van der Waals surface area contributed by atoms with Crippen molar-refractivity contribution in [2.45, 2.75) is 45.2 Å². The van der Waals surface area contributed by atoms with E-state index >= 15 is 0 Å². The predicted octanol–water partition coefficient (Wildman–Crippen LogP) is 1.23. The maximum absolute atomic E-state index is 12.2. The second kappa shape index (κ2) is 4.96. The Hall–Kier alpha value is -1.36. The van der Waals surface area contributed by atoms with Gasteiger partial charge in [-0.2, -0.15) is 0 Å². The Kier molecular flexibility index (Phi) is 3.31. The summed E-state index contributed by atoms with van der Waals surface area (Å²) < 4.78 is 5.48. The summed E-state index contributed by atoms with van der Waals surface area (Å²) in [7, 11) is 0. The Balaban J connectivity index is 1.57. The quantitative estimate of drug-likeness (QED) is 0.856. The van der Waals surface area contributed by atoms with Crippen molar-refractivity contribution in [1.29, 1.82) is 0 Å². The average molecular weight is 263 g/mol. The summed E-state index contributed by atoms with van der Waals surface area (Å²) in [5.41, 5.74) is 6.16. The van der Waals surface area contributed by atoms with Gasteiger partial charge in [0.15, 0.2) is 0 Å². The standard InChI is InChI=1S/C14H21N3O2/c1-2-10-6-16-11(19-10)7-17-14(18)12-8-3-4-9(5-8)13(12)15/h6,8-9,12-13H,2-5,7,15H2,1H3,(H,17,18). The predicted molar refractivity (Wildman–Crippen MR) is 70.0 cm³/mol. The average Bonchev–Trinajstić information content (AvgIpc) is 3.11. The highest BCUT2D eigenvalue weighted by Gasteiger charge is 2.48. The molecule has 3 rings (SSSR count). The molecule has 104 valence electrons. The minimum Gasteiger partial charge on any atom is -0.444 e. The number of nitrogens with two attached hydrogens (primary N) is 1. The molecule has 2 aliphatic carbocycles. The Morgan fingerprint density at radius 3 is 2.95 bits per heavy atom. The molecule has 5 nitrogen and oxygen atoms in total. The SMILES string of the molecule is CCc1cnc(CNC(=O)C2C3CCC(C3)C2N)o1. The number of rotatable bonds is 4. The van der Waals surface area contributed by atoms with Crippen LogP contribution in [0.3, 0.4) is 0 Å². The molecule has 1 aromatic rings. The first-order chi connectivity index (χ1) is 9.19. The molecule has 2 saturated carbocycles. The van der Waals surface area contributed by atoms with Crippen LogP contribution in [0.5, 0.6) is 0 Å². The minimum absolute atomic E-state index is 0.0145. The Bertz CT molecular complexity index is 469. The zero-order valence-corrected chi connectivity index (χ0v) is 11.3. The molecular formula is C14H21N3O2. The number of fused-ring (bicyclic) bond motifs is 2. The van der Waals surface area contributed by atoms with Crippen molar-refractivity contribution in [1.82, 2.24) is 10.3 Å². The molecule has 3 N–H and O–H groups in total. The lowest BCUT2D eigenvalue weighted by Gasteiger charge is -2.26. The number of nitrogens with one attached hydrogen (secondary N) is 1. The van der Waals surface area contributed by atoms with E-state index < -0.39 is 0 Å². The summed E-state index contributed by atoms with van der Waals surface area (Å²) in [6, 6.07) is 0.0366. The molecule has 0 spiro atoms. The van der Waals surface area contributed by atoms with Gasteiger partial charge in [-0.25, -0.2) is 4.98 Å². The van der Waals surface area contributed by atoms with Gasteiger partial charge in [0, 0.05) is 12.5 Å². The topological polar surface area (TPSA) is 81.2 Å². The number of oxazole rings is 1. The summed E-state index contributed by atoms with van der Waals surface area (Å²) in [5, 5.41) is 2.92. The van der Waals surface area contributed by atoms with Crippen LogP contribution in [-0.4, -0.2) is 16.9 Å². The van der Waals surface area contributed by atoms with Gasteiger partial charge in [-0.05, 0) is 31.1 Å². The molecule has 0 aliphatic heterocycles. The van der Waals surface area contributed by atoms with Crippen LogP contribution < -0.4 is 11.1 Å². The highest BCUT2D eigenvalue weighted by Crippen LogP contribution is 2.47. The molecule has 2 fully saturated rings. The third-order valence-corrected chi connectivity index (χ3v) is 4.65. The van der Waals surface area contributed by atoms with Crippen molar-refractivity contribution in [3.63, 3.8) is 0 Å². The lowest BCUT2D eigenvalue weighted by atomic mass is 9.84. The third-order valence-electron chi connectivity index (χ3n) is 4.65. The molecule has 5 heteroatoms. The highest BCUT2D eigenvalue weighted by molar-refractivity contribution is 5.80. The number of carbonyl (C=O) groups excluding carboxylic acids is 1. The van der Waals surface area contributed by atoms with Gasteiger partial charge in [0.05, 0.1) is 18.7 Å². The van der Waals surface area contributed by atoms with Crippen molar-refractivity contribution in [2.75, 3.05) is 0 Å². The second-order valence-corrected chi connectivity index (χ2v) is 5.73. The van der Waals surface area contributed by atoms with Crippen LogP contribution in [0.25, 0.3) is 0 Å². The maximum Gasteiger partial charge on any atom is 0.225 e. The fourth-order valence-corrected chi connectivity index (χ4v) is 3.60. The molecule has 1 amide bonds. The molecule has 1 aromatic heterocycles. The smallest absolute Gasteiger partial charge is 0.225 e. The fourth-order valence-electron chi connectivity index (χ4n) is 3.60. The van der Waals surface area contributed by atoms with Crippen LogP contribution in [0.2, 0.25) is 0 Å². The van der Waals surface area contributed by atoms with Crippen LogP contribution in [0.1, 0.15) is 37.8 Å². The number of hydrogen-bond donors (Lipinski definition) is 2. The molecule has 4 unspecified atom stereocenters. The number of aromatic nitrogens is 1. The van der Waals surface area contributed by atoms with Crippen molar-refractivity contribution in [2.24, 2.45) is 23.5 Å². The zero-order valence-electron chi connectivity index (χ0n) is 11.3. The molecule has 0 saturated heterocycles. The maximum atomic E-state index is 12.2. The van der Waals surface area contributed by atoms with Crippen LogP contribution >= 0.6 is 0 Å². The summed E-state index contributed by atoms with van der Waals surface area (Å²) in [6.07, 6.45) is 5.99. The van der Waals surface area contributed by atoms with E-state index in [1.54, 1.807) is 6.20 Å². The summed E-state index contributed by atoms with van der Waals surface area (Å²) >= 11 is 0. The number of aryl methyl sites for hydroxylation is 1. The summed E-state index contributed by atoms with van der Waals surface area (Å²) in [4.78, 5) is 16.4. The van der Waals surface area contributed by atoms with Gasteiger partial charge in [0.25, 0.3) is 0 Å². The highest BCUT2D eigenvalue weighted by atomic mass is 16.4. The van der Waals surface area contributed by atoms with Gasteiger partial charge >= 0.3 is 0 Å². The number of hydrogen-bond acceptors (Lipinski definition) is 4. The van der Waals surface area contributed by atoms with Gasteiger partial charge in [-0.1, -0.05) is 6.92 Å². The molecule has 1 heterocycles. The van der Waals surface area contributed by atoms with Gasteiger partial charge in [-0.3, -0.25) is 4.79 Å². The van der Waals surface area contributed by atoms with Crippen molar-refractivity contribution in [3.8, 4) is 0 Å². The molecule has 0 radical (unpaired) electrons. The van der Waals surface area contributed by atoms with Crippen LogP contribution in [0.4, 0.5) is 0 Å². The zero-order chi connectivity index (χ0) is 13.4. The van der Waals surface area contributed by atoms with E-state index in [9.17, 15) is 4.79 Å². The minimum atomic E-state index is -0.0145. The summed E-state index contributed by atoms with van der Waals surface area (Å²) in [6.45, 7) is 2.37. The molecule has 19 heavy (non-hydrogen) atoms. The van der Waals surface area contributed by atoms with Crippen LogP contribution in [-0.2, 0) is 17.8 Å². The van der Waals surface area contributed by atoms with E-state index in [0.29, 0.717) is 24.3 Å². The number of carbonyl (C=O) groups is 1. The van der Waals surface area contributed by atoms with Gasteiger partial charge < -0.3 is 15.5 Å². The van der Waals surface area contributed by atoms with E-state index in [0.717, 1.165) is 25.0 Å². The molecule has 2 bridgehead atoms. The van der Waals surface area contributed by atoms with Gasteiger partial charge in [-0.15, -0.1) is 0 Å². The van der Waals surface area contributed by atoms with Crippen molar-refractivity contribution >= 4 is 5.91 Å². The molecule has 2 aliphatic rings. The first-order valence-electron chi connectivity index (χ1n) is 7.16. The van der Waals surface area contributed by atoms with E-state index in [1.165, 1.54) is 6.42 Å².